The van der Waals surface area contributed by atoms with Gasteiger partial charge in [0.25, 0.3) is 0 Å². The van der Waals surface area contributed by atoms with E-state index in [2.05, 4.69) is 202 Å². The number of fused-ring (bicyclic) bond motifs is 3. The van der Waals surface area contributed by atoms with Gasteiger partial charge in [-0.25, -0.2) is 0 Å². The molecule has 1 heteroatoms. The van der Waals surface area contributed by atoms with Gasteiger partial charge in [-0.05, 0) is 120 Å². The molecule has 0 bridgehead atoms. The highest BCUT2D eigenvalue weighted by Crippen LogP contribution is 2.39. The highest BCUT2D eigenvalue weighted by molar-refractivity contribution is 6.11. The highest BCUT2D eigenvalue weighted by atomic mass is 15.0. The van der Waals surface area contributed by atoms with Crippen molar-refractivity contribution in [1.82, 2.24) is 4.57 Å². The molecule has 1 nitrogen and oxygen atoms in total. The molecule has 1 atom stereocenters. The van der Waals surface area contributed by atoms with E-state index in [4.69, 9.17) is 0 Å². The van der Waals surface area contributed by atoms with Crippen LogP contribution in [0.1, 0.15) is 45.7 Å². The van der Waals surface area contributed by atoms with Crippen molar-refractivity contribution in [2.24, 2.45) is 0 Å². The van der Waals surface area contributed by atoms with Crippen molar-refractivity contribution in [2.75, 3.05) is 0 Å². The lowest BCUT2D eigenvalue weighted by Gasteiger charge is -2.19. The summed E-state index contributed by atoms with van der Waals surface area (Å²) >= 11 is 0. The predicted molar refractivity (Wildman–Crippen MR) is 227 cm³/mol. The summed E-state index contributed by atoms with van der Waals surface area (Å²) in [5.41, 5.74) is 20.2. The molecule has 0 saturated carbocycles. The first-order chi connectivity index (χ1) is 25.9. The maximum Gasteiger partial charge on any atom is 0.0547 e. The molecular formula is C52H43N. The van der Waals surface area contributed by atoms with E-state index in [0.29, 0.717) is 5.92 Å². The Hall–Kier alpha value is -6.18. The van der Waals surface area contributed by atoms with Gasteiger partial charge < -0.3 is 4.57 Å². The van der Waals surface area contributed by atoms with Gasteiger partial charge in [0.15, 0.2) is 0 Å². The summed E-state index contributed by atoms with van der Waals surface area (Å²) in [6, 6.07) is 56.3. The second kappa shape index (κ2) is 13.4. The molecule has 0 aliphatic heterocycles. The summed E-state index contributed by atoms with van der Waals surface area (Å²) in [4.78, 5) is 0. The zero-order valence-corrected chi connectivity index (χ0v) is 30.9. The fraction of sp³-hybridized carbons (Fsp3) is 0.115. The molecule has 256 valence electrons. The van der Waals surface area contributed by atoms with Gasteiger partial charge in [-0.3, -0.25) is 0 Å². The van der Waals surface area contributed by atoms with Gasteiger partial charge in [0.2, 0.25) is 0 Å². The molecule has 0 radical (unpaired) electrons. The summed E-state index contributed by atoms with van der Waals surface area (Å²) in [7, 11) is 0. The third kappa shape index (κ3) is 6.13. The lowest BCUT2D eigenvalue weighted by molar-refractivity contribution is 0.847. The van der Waals surface area contributed by atoms with Gasteiger partial charge >= 0.3 is 0 Å². The Balaban J connectivity index is 1.15. The minimum Gasteiger partial charge on any atom is -0.309 e. The Morgan fingerprint density at radius 3 is 1.77 bits per heavy atom. The zero-order chi connectivity index (χ0) is 36.1. The highest BCUT2D eigenvalue weighted by Gasteiger charge is 2.18. The average Bonchev–Trinajstić information content (AvgIpc) is 3.51. The molecule has 0 amide bonds. The summed E-state index contributed by atoms with van der Waals surface area (Å²) in [5, 5.41) is 2.52. The molecule has 1 unspecified atom stereocenters. The maximum atomic E-state index is 2.47. The number of allylic oxidation sites excluding steroid dienone is 4. The Morgan fingerprint density at radius 2 is 1.08 bits per heavy atom. The average molecular weight is 682 g/mol. The lowest BCUT2D eigenvalue weighted by atomic mass is 9.85. The number of benzene rings is 7. The molecule has 1 aromatic heterocycles. The molecular weight excluding hydrogens is 639 g/mol. The normalized spacial score (nSPS) is 14.2. The second-order valence-corrected chi connectivity index (χ2v) is 14.8. The van der Waals surface area contributed by atoms with Crippen molar-refractivity contribution in [3.63, 3.8) is 0 Å². The first-order valence-electron chi connectivity index (χ1n) is 18.8. The molecule has 7 aromatic carbocycles. The number of nitrogens with zero attached hydrogens (tertiary/aromatic N) is 1. The largest absolute Gasteiger partial charge is 0.309 e. The molecule has 9 rings (SSSR count). The van der Waals surface area contributed by atoms with Gasteiger partial charge in [0.1, 0.15) is 0 Å². The van der Waals surface area contributed by atoms with E-state index >= 15 is 0 Å². The quantitative estimate of drug-likeness (QED) is 0.165. The van der Waals surface area contributed by atoms with Crippen LogP contribution in [0.4, 0.5) is 0 Å². The monoisotopic (exact) mass is 681 g/mol. The van der Waals surface area contributed by atoms with E-state index in [-0.39, 0.29) is 0 Å². The van der Waals surface area contributed by atoms with Crippen LogP contribution >= 0.6 is 0 Å². The van der Waals surface area contributed by atoms with Gasteiger partial charge in [-0.1, -0.05) is 157 Å². The first kappa shape index (κ1) is 32.7. The van der Waals surface area contributed by atoms with Crippen molar-refractivity contribution < 1.29 is 0 Å². The minimum absolute atomic E-state index is 0.406. The van der Waals surface area contributed by atoms with Crippen LogP contribution < -0.4 is 0 Å². The number of hydrogen-bond acceptors (Lipinski definition) is 0. The zero-order valence-electron chi connectivity index (χ0n) is 30.9. The van der Waals surface area contributed by atoms with E-state index in [1.165, 1.54) is 94.1 Å². The Bertz CT molecular complexity index is 2720. The molecule has 0 saturated heterocycles. The molecule has 0 spiro atoms. The third-order valence-electron chi connectivity index (χ3n) is 11.1. The van der Waals surface area contributed by atoms with E-state index in [1.54, 1.807) is 0 Å². The van der Waals surface area contributed by atoms with Crippen molar-refractivity contribution in [3.05, 3.63) is 203 Å². The molecule has 8 aromatic rings. The molecule has 0 fully saturated rings. The fourth-order valence-electron chi connectivity index (χ4n) is 8.40. The number of hydrogen-bond donors (Lipinski definition) is 0. The Morgan fingerprint density at radius 1 is 0.472 bits per heavy atom. The Labute approximate surface area is 313 Å². The van der Waals surface area contributed by atoms with Crippen molar-refractivity contribution in [1.29, 1.82) is 0 Å². The van der Waals surface area contributed by atoms with Crippen LogP contribution in [0.3, 0.4) is 0 Å². The standard InChI is InChI=1S/C52H43N/c1-34-13-25-47(36(3)29-34)41-19-15-39(16-20-41)44-23-27-49-50-28-24-45(40-17-21-42(22-18-40)48-26-14-35(2)30-37(48)4)33-52(50)53(51(49)32-44)46-12-8-11-43(31-46)38-9-6-5-7-10-38/h5-21,23-33,42H,22H2,1-4H3. The van der Waals surface area contributed by atoms with Gasteiger partial charge in [0.05, 0.1) is 11.0 Å². The van der Waals surface area contributed by atoms with Crippen LogP contribution in [0.25, 0.3) is 66.4 Å². The summed E-state index contributed by atoms with van der Waals surface area (Å²) < 4.78 is 2.47. The molecule has 1 aliphatic carbocycles. The SMILES string of the molecule is Cc1ccc(-c2ccc(-c3ccc4c5ccc(C6=CCC(c7ccc(C)cc7C)C=C6)cc5n(-c5cccc(-c6ccccc6)c5)c4c3)cc2)c(C)c1. The first-order valence-corrected chi connectivity index (χ1v) is 18.8. The van der Waals surface area contributed by atoms with Crippen LogP contribution in [0.5, 0.6) is 0 Å². The van der Waals surface area contributed by atoms with Crippen molar-refractivity contribution in [3.8, 4) is 39.1 Å². The van der Waals surface area contributed by atoms with Crippen LogP contribution in [0.2, 0.25) is 0 Å². The van der Waals surface area contributed by atoms with Crippen molar-refractivity contribution in [2.45, 2.75) is 40.0 Å². The van der Waals surface area contributed by atoms with Gasteiger partial charge in [-0.15, -0.1) is 0 Å². The number of aryl methyl sites for hydroxylation is 4. The minimum atomic E-state index is 0.406. The Kier molecular flexibility index (Phi) is 8.28. The predicted octanol–water partition coefficient (Wildman–Crippen LogP) is 14.1. The van der Waals surface area contributed by atoms with Crippen LogP contribution in [-0.2, 0) is 0 Å². The smallest absolute Gasteiger partial charge is 0.0547 e. The summed E-state index contributed by atoms with van der Waals surface area (Å²) in [6.07, 6.45) is 8.15. The third-order valence-corrected chi connectivity index (χ3v) is 11.1. The number of rotatable bonds is 6. The topological polar surface area (TPSA) is 4.93 Å². The molecule has 1 heterocycles. The molecule has 0 N–H and O–H groups in total. The van der Waals surface area contributed by atoms with Crippen LogP contribution in [0.15, 0.2) is 170 Å². The van der Waals surface area contributed by atoms with E-state index in [1.807, 2.05) is 0 Å². The lowest BCUT2D eigenvalue weighted by Crippen LogP contribution is -2.01. The van der Waals surface area contributed by atoms with Crippen molar-refractivity contribution >= 4 is 27.4 Å². The fourth-order valence-corrected chi connectivity index (χ4v) is 8.40. The van der Waals surface area contributed by atoms with Crippen LogP contribution in [-0.4, -0.2) is 4.57 Å². The van der Waals surface area contributed by atoms with Gasteiger partial charge in [0, 0.05) is 22.4 Å². The van der Waals surface area contributed by atoms with E-state index < -0.39 is 0 Å². The summed E-state index contributed by atoms with van der Waals surface area (Å²) in [6.45, 7) is 8.76. The van der Waals surface area contributed by atoms with Crippen LogP contribution in [0, 0.1) is 27.7 Å². The maximum absolute atomic E-state index is 2.47. The van der Waals surface area contributed by atoms with E-state index in [0.717, 1.165) is 12.1 Å². The van der Waals surface area contributed by atoms with Gasteiger partial charge in [-0.2, -0.15) is 0 Å². The number of aromatic nitrogens is 1. The molecule has 1 aliphatic rings. The second-order valence-electron chi connectivity index (χ2n) is 14.8. The van der Waals surface area contributed by atoms with E-state index in [9.17, 15) is 0 Å². The summed E-state index contributed by atoms with van der Waals surface area (Å²) in [5.74, 6) is 0.406. The molecule has 53 heavy (non-hydrogen) atoms.